The van der Waals surface area contributed by atoms with Gasteiger partial charge in [0.2, 0.25) is 5.91 Å². The van der Waals surface area contributed by atoms with Gasteiger partial charge in [0.1, 0.15) is 5.82 Å². The molecular formula is C17H25FN2O. The Morgan fingerprint density at radius 2 is 2.05 bits per heavy atom. The number of likely N-dealkylation sites (N-methyl/N-ethyl adjacent to an activating group) is 1. The number of aryl methyl sites for hydroxylation is 1. The lowest BCUT2D eigenvalue weighted by Gasteiger charge is -2.32. The minimum absolute atomic E-state index is 0.175. The number of nitrogens with zero attached hydrogens (tertiary/aromatic N) is 2. The summed E-state index contributed by atoms with van der Waals surface area (Å²) in [7, 11) is 3.61. The number of hydrogen-bond donors (Lipinski definition) is 0. The van der Waals surface area contributed by atoms with Crippen molar-refractivity contribution in [2.45, 2.75) is 25.7 Å². The molecule has 0 saturated carbocycles. The number of carbonyl (C=O) groups is 1. The minimum atomic E-state index is -0.176. The third-order valence-electron chi connectivity index (χ3n) is 4.22. The van der Waals surface area contributed by atoms with E-state index in [9.17, 15) is 9.18 Å². The zero-order chi connectivity index (χ0) is 15.2. The molecule has 0 N–H and O–H groups in total. The molecule has 1 saturated heterocycles. The molecule has 0 radical (unpaired) electrons. The summed E-state index contributed by atoms with van der Waals surface area (Å²) in [6.07, 6.45) is 4.49. The van der Waals surface area contributed by atoms with Crippen LogP contribution in [-0.2, 0) is 11.2 Å². The van der Waals surface area contributed by atoms with Crippen LogP contribution < -0.4 is 0 Å². The van der Waals surface area contributed by atoms with Gasteiger partial charge in [0, 0.05) is 20.6 Å². The van der Waals surface area contributed by atoms with Crippen molar-refractivity contribution in [3.8, 4) is 0 Å². The molecule has 2 rings (SSSR count). The van der Waals surface area contributed by atoms with Gasteiger partial charge in [0.05, 0.1) is 6.54 Å². The van der Waals surface area contributed by atoms with Crippen LogP contribution in [0.25, 0.3) is 0 Å². The summed E-state index contributed by atoms with van der Waals surface area (Å²) in [6.45, 7) is 2.55. The molecule has 1 heterocycles. The van der Waals surface area contributed by atoms with E-state index in [1.54, 1.807) is 19.0 Å². The van der Waals surface area contributed by atoms with Crippen LogP contribution >= 0.6 is 0 Å². The Balaban J connectivity index is 1.78. The lowest BCUT2D eigenvalue weighted by atomic mass is 9.91. The van der Waals surface area contributed by atoms with Gasteiger partial charge >= 0.3 is 0 Å². The topological polar surface area (TPSA) is 23.6 Å². The Morgan fingerprint density at radius 1 is 1.33 bits per heavy atom. The Hall–Kier alpha value is -1.42. The first kappa shape index (κ1) is 16.0. The molecule has 0 aromatic heterocycles. The fourth-order valence-electron chi connectivity index (χ4n) is 2.89. The van der Waals surface area contributed by atoms with E-state index < -0.39 is 0 Å². The highest BCUT2D eigenvalue weighted by atomic mass is 19.1. The predicted molar refractivity (Wildman–Crippen MR) is 82.6 cm³/mol. The lowest BCUT2D eigenvalue weighted by Crippen LogP contribution is -2.42. The Morgan fingerprint density at radius 3 is 2.71 bits per heavy atom. The van der Waals surface area contributed by atoms with Crippen LogP contribution in [0.4, 0.5) is 4.39 Å². The maximum atomic E-state index is 12.9. The number of benzene rings is 1. The molecule has 1 aliphatic rings. The molecule has 3 nitrogen and oxygen atoms in total. The normalized spacial score (nSPS) is 19.5. The molecule has 1 aromatic rings. The summed E-state index contributed by atoms with van der Waals surface area (Å²) in [6, 6.07) is 6.79. The fourth-order valence-corrected chi connectivity index (χ4v) is 2.89. The van der Waals surface area contributed by atoms with E-state index in [1.165, 1.54) is 24.1 Å². The van der Waals surface area contributed by atoms with Crippen molar-refractivity contribution in [1.82, 2.24) is 9.80 Å². The maximum Gasteiger partial charge on any atom is 0.236 e. The van der Waals surface area contributed by atoms with Gasteiger partial charge in [-0.2, -0.15) is 0 Å². The van der Waals surface area contributed by atoms with E-state index in [-0.39, 0.29) is 11.7 Å². The second-order valence-corrected chi connectivity index (χ2v) is 6.20. The first-order chi connectivity index (χ1) is 10.0. The number of piperidine rings is 1. The monoisotopic (exact) mass is 292 g/mol. The van der Waals surface area contributed by atoms with E-state index in [4.69, 9.17) is 0 Å². The van der Waals surface area contributed by atoms with Crippen molar-refractivity contribution in [3.05, 3.63) is 35.6 Å². The molecule has 1 atom stereocenters. The van der Waals surface area contributed by atoms with Crippen molar-refractivity contribution in [3.63, 3.8) is 0 Å². The number of halogens is 1. The third kappa shape index (κ3) is 5.12. The van der Waals surface area contributed by atoms with Gasteiger partial charge in [-0.3, -0.25) is 9.69 Å². The van der Waals surface area contributed by atoms with Gasteiger partial charge in [0.25, 0.3) is 0 Å². The molecule has 1 fully saturated rings. The first-order valence-corrected chi connectivity index (χ1v) is 7.71. The number of likely N-dealkylation sites (tertiary alicyclic amines) is 1. The minimum Gasteiger partial charge on any atom is -0.348 e. The SMILES string of the molecule is CN(C)C(=O)CN1CCC[C@H](CCc2ccc(F)cc2)C1. The van der Waals surface area contributed by atoms with Crippen LogP contribution in [0.1, 0.15) is 24.8 Å². The quantitative estimate of drug-likeness (QED) is 0.833. The summed E-state index contributed by atoms with van der Waals surface area (Å²) in [4.78, 5) is 15.7. The van der Waals surface area contributed by atoms with E-state index in [2.05, 4.69) is 4.90 Å². The second-order valence-electron chi connectivity index (χ2n) is 6.20. The van der Waals surface area contributed by atoms with Crippen LogP contribution in [0.3, 0.4) is 0 Å². The van der Waals surface area contributed by atoms with Crippen LogP contribution in [-0.4, -0.2) is 49.4 Å². The highest BCUT2D eigenvalue weighted by Crippen LogP contribution is 2.21. The van der Waals surface area contributed by atoms with Crippen LogP contribution in [0.5, 0.6) is 0 Å². The van der Waals surface area contributed by atoms with Crippen molar-refractivity contribution in [1.29, 1.82) is 0 Å². The van der Waals surface area contributed by atoms with E-state index in [0.29, 0.717) is 12.5 Å². The molecule has 0 aliphatic carbocycles. The van der Waals surface area contributed by atoms with Gasteiger partial charge < -0.3 is 4.90 Å². The van der Waals surface area contributed by atoms with Crippen molar-refractivity contribution in [2.75, 3.05) is 33.7 Å². The average Bonchev–Trinajstić information content (AvgIpc) is 2.47. The van der Waals surface area contributed by atoms with E-state index in [0.717, 1.165) is 32.4 Å². The summed E-state index contributed by atoms with van der Waals surface area (Å²) >= 11 is 0. The highest BCUT2D eigenvalue weighted by Gasteiger charge is 2.21. The first-order valence-electron chi connectivity index (χ1n) is 7.71. The largest absolute Gasteiger partial charge is 0.348 e. The number of hydrogen-bond acceptors (Lipinski definition) is 2. The predicted octanol–water partition coefficient (Wildman–Crippen LogP) is 2.56. The molecule has 0 spiro atoms. The zero-order valence-corrected chi connectivity index (χ0v) is 13.0. The van der Waals surface area contributed by atoms with Gasteiger partial charge in [0.15, 0.2) is 0 Å². The van der Waals surface area contributed by atoms with Crippen LogP contribution in [0, 0.1) is 11.7 Å². The fraction of sp³-hybridized carbons (Fsp3) is 0.588. The van der Waals surface area contributed by atoms with Gasteiger partial charge in [-0.05, 0) is 55.8 Å². The highest BCUT2D eigenvalue weighted by molar-refractivity contribution is 5.77. The lowest BCUT2D eigenvalue weighted by molar-refractivity contribution is -0.130. The summed E-state index contributed by atoms with van der Waals surface area (Å²) in [5.41, 5.74) is 1.19. The maximum absolute atomic E-state index is 12.9. The molecular weight excluding hydrogens is 267 g/mol. The van der Waals surface area contributed by atoms with Crippen LogP contribution in [0.2, 0.25) is 0 Å². The molecule has 21 heavy (non-hydrogen) atoms. The van der Waals surface area contributed by atoms with E-state index >= 15 is 0 Å². The summed E-state index contributed by atoms with van der Waals surface area (Å²) < 4.78 is 12.9. The zero-order valence-electron chi connectivity index (χ0n) is 13.0. The van der Waals surface area contributed by atoms with Gasteiger partial charge in [-0.1, -0.05) is 12.1 Å². The third-order valence-corrected chi connectivity index (χ3v) is 4.22. The van der Waals surface area contributed by atoms with Crippen molar-refractivity contribution >= 4 is 5.91 Å². The summed E-state index contributed by atoms with van der Waals surface area (Å²) in [5, 5.41) is 0. The molecule has 1 aromatic carbocycles. The Kier molecular flexibility index (Phi) is 5.74. The second kappa shape index (κ2) is 7.55. The molecule has 116 valence electrons. The van der Waals surface area contributed by atoms with Crippen molar-refractivity contribution in [2.24, 2.45) is 5.92 Å². The standard InChI is InChI=1S/C17H25FN2O/c1-19(2)17(21)13-20-11-3-4-15(12-20)6-5-14-7-9-16(18)10-8-14/h7-10,15H,3-6,11-13H2,1-2H3/t15-/m1/s1. The van der Waals surface area contributed by atoms with Gasteiger partial charge in [-0.15, -0.1) is 0 Å². The smallest absolute Gasteiger partial charge is 0.236 e. The molecule has 4 heteroatoms. The Bertz CT molecular complexity index is 458. The number of rotatable bonds is 5. The number of amides is 1. The number of carbonyl (C=O) groups excluding carboxylic acids is 1. The average molecular weight is 292 g/mol. The summed E-state index contributed by atoms with van der Waals surface area (Å²) in [5.74, 6) is 0.637. The molecule has 0 bridgehead atoms. The molecule has 1 aliphatic heterocycles. The molecule has 1 amide bonds. The van der Waals surface area contributed by atoms with Gasteiger partial charge in [-0.25, -0.2) is 4.39 Å². The van der Waals surface area contributed by atoms with E-state index in [1.807, 2.05) is 12.1 Å². The Labute approximate surface area is 126 Å². The molecule has 0 unspecified atom stereocenters. The van der Waals surface area contributed by atoms with Crippen molar-refractivity contribution < 1.29 is 9.18 Å². The van der Waals surface area contributed by atoms with Crippen LogP contribution in [0.15, 0.2) is 24.3 Å².